The number of aliphatic hydroxyl groups is 1. The SMILES string of the molecule is CCC(O)(CN)c1ccc(F)c(F)c1. The molecule has 0 heterocycles. The molecule has 0 bridgehead atoms. The van der Waals surface area contributed by atoms with Gasteiger partial charge in [0.05, 0.1) is 0 Å². The third-order valence-corrected chi connectivity index (χ3v) is 2.38. The van der Waals surface area contributed by atoms with Gasteiger partial charge in [-0.2, -0.15) is 0 Å². The van der Waals surface area contributed by atoms with Gasteiger partial charge in [-0.05, 0) is 24.1 Å². The minimum Gasteiger partial charge on any atom is -0.384 e. The van der Waals surface area contributed by atoms with Gasteiger partial charge in [0.1, 0.15) is 5.60 Å². The van der Waals surface area contributed by atoms with Gasteiger partial charge in [-0.15, -0.1) is 0 Å². The Morgan fingerprint density at radius 3 is 2.43 bits per heavy atom. The second-order valence-electron chi connectivity index (χ2n) is 3.22. The molecule has 0 aromatic heterocycles. The molecule has 0 aliphatic carbocycles. The summed E-state index contributed by atoms with van der Waals surface area (Å²) in [5.41, 5.74) is 4.41. The number of hydrogen-bond acceptors (Lipinski definition) is 2. The van der Waals surface area contributed by atoms with Crippen molar-refractivity contribution in [2.45, 2.75) is 18.9 Å². The van der Waals surface area contributed by atoms with Crippen LogP contribution in [0.5, 0.6) is 0 Å². The molecule has 1 aromatic carbocycles. The molecule has 0 fully saturated rings. The van der Waals surface area contributed by atoms with Crippen molar-refractivity contribution in [1.82, 2.24) is 0 Å². The zero-order valence-electron chi connectivity index (χ0n) is 7.93. The molecular formula is C10H13F2NO. The number of halogens is 2. The fraction of sp³-hybridized carbons (Fsp3) is 0.400. The Hall–Kier alpha value is -1.00. The smallest absolute Gasteiger partial charge is 0.159 e. The maximum atomic E-state index is 12.9. The van der Waals surface area contributed by atoms with Crippen LogP contribution in [0.1, 0.15) is 18.9 Å². The molecule has 0 saturated heterocycles. The van der Waals surface area contributed by atoms with Gasteiger partial charge in [-0.1, -0.05) is 13.0 Å². The third kappa shape index (κ3) is 1.91. The average molecular weight is 201 g/mol. The second-order valence-corrected chi connectivity index (χ2v) is 3.22. The summed E-state index contributed by atoms with van der Waals surface area (Å²) in [4.78, 5) is 0. The summed E-state index contributed by atoms with van der Waals surface area (Å²) in [6.45, 7) is 1.71. The van der Waals surface area contributed by atoms with Gasteiger partial charge in [0, 0.05) is 6.54 Å². The molecule has 1 atom stereocenters. The van der Waals surface area contributed by atoms with Crippen molar-refractivity contribution < 1.29 is 13.9 Å². The standard InChI is InChI=1S/C10H13F2NO/c1-2-10(14,6-13)7-3-4-8(11)9(12)5-7/h3-5,14H,2,6,13H2,1H3. The van der Waals surface area contributed by atoms with Gasteiger partial charge in [-0.3, -0.25) is 0 Å². The largest absolute Gasteiger partial charge is 0.384 e. The van der Waals surface area contributed by atoms with E-state index in [-0.39, 0.29) is 6.54 Å². The molecule has 1 rings (SSSR count). The van der Waals surface area contributed by atoms with E-state index in [9.17, 15) is 13.9 Å². The molecule has 0 spiro atoms. The predicted octanol–water partition coefficient (Wildman–Crippen LogP) is 1.52. The van der Waals surface area contributed by atoms with Crippen molar-refractivity contribution >= 4 is 0 Å². The number of nitrogens with two attached hydrogens (primary N) is 1. The van der Waals surface area contributed by atoms with E-state index < -0.39 is 17.2 Å². The summed E-state index contributed by atoms with van der Waals surface area (Å²) in [5, 5.41) is 9.90. The normalized spacial score (nSPS) is 15.2. The van der Waals surface area contributed by atoms with Gasteiger partial charge < -0.3 is 10.8 Å². The highest BCUT2D eigenvalue weighted by atomic mass is 19.2. The first kappa shape index (κ1) is 11.1. The van der Waals surface area contributed by atoms with Gasteiger partial charge >= 0.3 is 0 Å². The molecule has 2 nitrogen and oxygen atoms in total. The van der Waals surface area contributed by atoms with Crippen molar-refractivity contribution in [1.29, 1.82) is 0 Å². The first-order chi connectivity index (χ1) is 6.53. The van der Waals surface area contributed by atoms with Crippen LogP contribution in [0.4, 0.5) is 8.78 Å². The second kappa shape index (κ2) is 4.02. The van der Waals surface area contributed by atoms with E-state index in [0.29, 0.717) is 12.0 Å². The minimum absolute atomic E-state index is 0.0193. The molecule has 0 saturated carbocycles. The van der Waals surface area contributed by atoms with Crippen LogP contribution in [0.15, 0.2) is 18.2 Å². The Morgan fingerprint density at radius 2 is 2.00 bits per heavy atom. The first-order valence-corrected chi connectivity index (χ1v) is 4.41. The fourth-order valence-electron chi connectivity index (χ4n) is 1.25. The van der Waals surface area contributed by atoms with Crippen LogP contribution < -0.4 is 5.73 Å². The molecule has 0 aliphatic rings. The Kier molecular flexibility index (Phi) is 3.18. The van der Waals surface area contributed by atoms with Crippen LogP contribution in [-0.2, 0) is 5.60 Å². The molecule has 4 heteroatoms. The van der Waals surface area contributed by atoms with E-state index in [4.69, 9.17) is 5.73 Å². The maximum Gasteiger partial charge on any atom is 0.159 e. The summed E-state index contributed by atoms with van der Waals surface area (Å²) in [6, 6.07) is 3.31. The zero-order valence-corrected chi connectivity index (χ0v) is 7.93. The highest BCUT2D eigenvalue weighted by Crippen LogP contribution is 2.24. The van der Waals surface area contributed by atoms with Gasteiger partial charge in [-0.25, -0.2) is 8.78 Å². The molecular weight excluding hydrogens is 188 g/mol. The lowest BCUT2D eigenvalue weighted by Crippen LogP contribution is -2.34. The van der Waals surface area contributed by atoms with E-state index in [1.807, 2.05) is 0 Å². The summed E-state index contributed by atoms with van der Waals surface area (Å²) in [5.74, 6) is -1.90. The Labute approximate surface area is 81.4 Å². The van der Waals surface area contributed by atoms with Crippen LogP contribution in [0.2, 0.25) is 0 Å². The molecule has 3 N–H and O–H groups in total. The molecule has 0 amide bonds. The predicted molar refractivity (Wildman–Crippen MR) is 49.6 cm³/mol. The lowest BCUT2D eigenvalue weighted by molar-refractivity contribution is 0.0414. The summed E-state index contributed by atoms with van der Waals surface area (Å²) in [6.07, 6.45) is 0.356. The maximum absolute atomic E-state index is 12.9. The number of rotatable bonds is 3. The van der Waals surface area contributed by atoms with Gasteiger partial charge in [0.15, 0.2) is 11.6 Å². The highest BCUT2D eigenvalue weighted by molar-refractivity contribution is 5.24. The van der Waals surface area contributed by atoms with Crippen molar-refractivity contribution in [2.75, 3.05) is 6.54 Å². The Bertz CT molecular complexity index is 324. The van der Waals surface area contributed by atoms with Crippen LogP contribution in [0, 0.1) is 11.6 Å². The molecule has 78 valence electrons. The average Bonchev–Trinajstić information content (AvgIpc) is 2.21. The number of benzene rings is 1. The topological polar surface area (TPSA) is 46.2 Å². The number of hydrogen-bond donors (Lipinski definition) is 2. The summed E-state index contributed by atoms with van der Waals surface area (Å²) in [7, 11) is 0. The zero-order chi connectivity index (χ0) is 10.8. The molecule has 14 heavy (non-hydrogen) atoms. The molecule has 0 aliphatic heterocycles. The molecule has 0 radical (unpaired) electrons. The van der Waals surface area contributed by atoms with Crippen LogP contribution in [0.25, 0.3) is 0 Å². The van der Waals surface area contributed by atoms with Crippen LogP contribution >= 0.6 is 0 Å². The van der Waals surface area contributed by atoms with Crippen molar-refractivity contribution in [3.05, 3.63) is 35.4 Å². The minimum atomic E-state index is -1.27. The van der Waals surface area contributed by atoms with E-state index in [0.717, 1.165) is 12.1 Å². The lowest BCUT2D eigenvalue weighted by atomic mass is 9.91. The van der Waals surface area contributed by atoms with Crippen LogP contribution in [0.3, 0.4) is 0 Å². The first-order valence-electron chi connectivity index (χ1n) is 4.41. The highest BCUT2D eigenvalue weighted by Gasteiger charge is 2.26. The van der Waals surface area contributed by atoms with E-state index in [2.05, 4.69) is 0 Å². The molecule has 1 aromatic rings. The van der Waals surface area contributed by atoms with Gasteiger partial charge in [0.2, 0.25) is 0 Å². The van der Waals surface area contributed by atoms with Gasteiger partial charge in [0.25, 0.3) is 0 Å². The van der Waals surface area contributed by atoms with Crippen molar-refractivity contribution in [3.8, 4) is 0 Å². The lowest BCUT2D eigenvalue weighted by Gasteiger charge is -2.25. The van der Waals surface area contributed by atoms with E-state index >= 15 is 0 Å². The summed E-state index contributed by atoms with van der Waals surface area (Å²) < 4.78 is 25.5. The third-order valence-electron chi connectivity index (χ3n) is 2.38. The Morgan fingerprint density at radius 1 is 1.36 bits per heavy atom. The van der Waals surface area contributed by atoms with E-state index in [1.54, 1.807) is 6.92 Å². The summed E-state index contributed by atoms with van der Waals surface area (Å²) >= 11 is 0. The monoisotopic (exact) mass is 201 g/mol. The van der Waals surface area contributed by atoms with Crippen molar-refractivity contribution in [3.63, 3.8) is 0 Å². The molecule has 1 unspecified atom stereocenters. The Balaban J connectivity index is 3.12. The van der Waals surface area contributed by atoms with E-state index in [1.165, 1.54) is 6.07 Å². The van der Waals surface area contributed by atoms with Crippen molar-refractivity contribution in [2.24, 2.45) is 5.73 Å². The van der Waals surface area contributed by atoms with Crippen LogP contribution in [-0.4, -0.2) is 11.7 Å². The fourth-order valence-corrected chi connectivity index (χ4v) is 1.25. The quantitative estimate of drug-likeness (QED) is 0.778.